The molecule has 2 N–H and O–H groups in total. The Morgan fingerprint density at radius 3 is 2.77 bits per heavy atom. The summed E-state index contributed by atoms with van der Waals surface area (Å²) in [4.78, 5) is 2.48. The molecule has 0 saturated carbocycles. The molecule has 22 heavy (non-hydrogen) atoms. The molecular weight excluding hydrogens is 296 g/mol. The summed E-state index contributed by atoms with van der Waals surface area (Å²) >= 11 is 6.02. The zero-order chi connectivity index (χ0) is 15.8. The molecule has 1 aliphatic carbocycles. The van der Waals surface area contributed by atoms with Crippen molar-refractivity contribution in [1.82, 2.24) is 10.2 Å². The van der Waals surface area contributed by atoms with Gasteiger partial charge in [-0.25, -0.2) is 0 Å². The van der Waals surface area contributed by atoms with Gasteiger partial charge in [-0.2, -0.15) is 0 Å². The van der Waals surface area contributed by atoms with Gasteiger partial charge in [0.25, 0.3) is 0 Å². The molecule has 0 aromatic rings. The van der Waals surface area contributed by atoms with E-state index in [4.69, 9.17) is 11.6 Å². The number of rotatable bonds is 7. The first-order chi connectivity index (χ1) is 10.6. The molecule has 0 unspecified atom stereocenters. The average molecular weight is 325 g/mol. The Labute approximate surface area is 139 Å². The summed E-state index contributed by atoms with van der Waals surface area (Å²) in [7, 11) is 0. The van der Waals surface area contributed by atoms with Crippen molar-refractivity contribution in [3.8, 4) is 0 Å². The summed E-state index contributed by atoms with van der Waals surface area (Å²) in [5.41, 5.74) is 0.453. The second-order valence-corrected chi connectivity index (χ2v) is 6.72. The Morgan fingerprint density at radius 1 is 1.27 bits per heavy atom. The minimum Gasteiger partial charge on any atom is -0.385 e. The molecular formula is C18H29ClN2O. The molecule has 0 spiro atoms. The van der Waals surface area contributed by atoms with Gasteiger partial charge in [-0.05, 0) is 69.5 Å². The van der Waals surface area contributed by atoms with E-state index in [1.807, 2.05) is 24.3 Å². The van der Waals surface area contributed by atoms with Crippen molar-refractivity contribution >= 4 is 11.6 Å². The van der Waals surface area contributed by atoms with Gasteiger partial charge in [0.1, 0.15) is 0 Å². The van der Waals surface area contributed by atoms with E-state index in [0.29, 0.717) is 0 Å². The Hall–Kier alpha value is -0.610. The average Bonchev–Trinajstić information content (AvgIpc) is 2.74. The molecule has 1 heterocycles. The first-order valence-electron chi connectivity index (χ1n) is 8.53. The lowest BCUT2D eigenvalue weighted by molar-refractivity contribution is 0.00771. The number of halogens is 1. The third-order valence-corrected chi connectivity index (χ3v) is 4.92. The van der Waals surface area contributed by atoms with Crippen molar-refractivity contribution in [1.29, 1.82) is 0 Å². The Bertz CT molecular complexity index is 434. The molecule has 0 atom stereocenters. The SMILES string of the molecule is CCNCCCCN1CCC(O)(C2=CC=C(Cl)C=CC2)CC1. The predicted molar refractivity (Wildman–Crippen MR) is 94.2 cm³/mol. The van der Waals surface area contributed by atoms with Crippen LogP contribution in [0.5, 0.6) is 0 Å². The van der Waals surface area contributed by atoms with Crippen molar-refractivity contribution in [2.45, 2.75) is 44.6 Å². The minimum absolute atomic E-state index is 0.650. The number of piperidine rings is 1. The zero-order valence-electron chi connectivity index (χ0n) is 13.7. The van der Waals surface area contributed by atoms with Gasteiger partial charge in [0.2, 0.25) is 0 Å². The second kappa shape index (κ2) is 8.88. The number of unbranched alkanes of at least 4 members (excludes halogenated alkanes) is 1. The Kier molecular flexibility index (Phi) is 7.16. The fraction of sp³-hybridized carbons (Fsp3) is 0.667. The molecule has 1 saturated heterocycles. The van der Waals surface area contributed by atoms with Crippen molar-refractivity contribution in [2.24, 2.45) is 0 Å². The van der Waals surface area contributed by atoms with Gasteiger partial charge in [-0.3, -0.25) is 0 Å². The van der Waals surface area contributed by atoms with Crippen LogP contribution < -0.4 is 5.32 Å². The summed E-state index contributed by atoms with van der Waals surface area (Å²) in [6, 6.07) is 0. The van der Waals surface area contributed by atoms with Gasteiger partial charge in [0.05, 0.1) is 5.60 Å². The van der Waals surface area contributed by atoms with E-state index in [9.17, 15) is 5.11 Å². The van der Waals surface area contributed by atoms with Gasteiger partial charge in [0, 0.05) is 18.1 Å². The maximum Gasteiger partial charge on any atom is 0.0887 e. The van der Waals surface area contributed by atoms with Crippen LogP contribution in [0.2, 0.25) is 0 Å². The lowest BCUT2D eigenvalue weighted by Gasteiger charge is -2.39. The normalized spacial score (nSPS) is 22.1. The van der Waals surface area contributed by atoms with E-state index in [1.54, 1.807) is 0 Å². The summed E-state index contributed by atoms with van der Waals surface area (Å²) in [6.07, 6.45) is 12.8. The molecule has 124 valence electrons. The van der Waals surface area contributed by atoms with E-state index >= 15 is 0 Å². The number of aliphatic hydroxyl groups is 1. The fourth-order valence-electron chi connectivity index (χ4n) is 3.18. The summed E-state index contributed by atoms with van der Waals surface area (Å²) in [5.74, 6) is 0. The maximum absolute atomic E-state index is 11.0. The van der Waals surface area contributed by atoms with Crippen LogP contribution in [0, 0.1) is 0 Å². The van der Waals surface area contributed by atoms with Crippen LogP contribution in [-0.4, -0.2) is 48.3 Å². The van der Waals surface area contributed by atoms with Crippen molar-refractivity contribution in [2.75, 3.05) is 32.7 Å². The first-order valence-corrected chi connectivity index (χ1v) is 8.91. The third-order valence-electron chi connectivity index (χ3n) is 4.67. The molecule has 2 rings (SSSR count). The highest BCUT2D eigenvalue weighted by atomic mass is 35.5. The number of nitrogens with one attached hydrogen (secondary N) is 1. The van der Waals surface area contributed by atoms with Crippen LogP contribution in [0.4, 0.5) is 0 Å². The van der Waals surface area contributed by atoms with Gasteiger partial charge in [0.15, 0.2) is 0 Å². The van der Waals surface area contributed by atoms with Crippen molar-refractivity contribution in [3.63, 3.8) is 0 Å². The molecule has 1 aliphatic heterocycles. The second-order valence-electron chi connectivity index (χ2n) is 6.28. The standard InChI is InChI=1S/C18H29ClN2O/c1-2-20-12-3-4-13-21-14-10-18(22,11-15-21)16-6-5-7-17(19)9-8-16/h5,7-9,20,22H,2-4,6,10-15H2,1H3. The van der Waals surface area contributed by atoms with Gasteiger partial charge in [-0.1, -0.05) is 30.7 Å². The predicted octanol–water partition coefficient (Wildman–Crippen LogP) is 3.21. The lowest BCUT2D eigenvalue weighted by Crippen LogP contribution is -2.45. The quantitative estimate of drug-likeness (QED) is 0.706. The summed E-state index contributed by atoms with van der Waals surface area (Å²) in [5, 5.41) is 15.1. The Balaban J connectivity index is 1.77. The maximum atomic E-state index is 11.0. The molecule has 2 aliphatic rings. The summed E-state index contributed by atoms with van der Waals surface area (Å²) in [6.45, 7) is 7.42. The van der Waals surface area contributed by atoms with Crippen molar-refractivity contribution < 1.29 is 5.11 Å². The highest BCUT2D eigenvalue weighted by Gasteiger charge is 2.34. The first kappa shape index (κ1) is 17.7. The number of hydrogen-bond donors (Lipinski definition) is 2. The lowest BCUT2D eigenvalue weighted by atomic mass is 9.82. The molecule has 0 aromatic carbocycles. The number of likely N-dealkylation sites (tertiary alicyclic amines) is 1. The molecule has 1 fully saturated rings. The van der Waals surface area contributed by atoms with E-state index in [1.165, 1.54) is 12.8 Å². The molecule has 0 radical (unpaired) electrons. The highest BCUT2D eigenvalue weighted by Crippen LogP contribution is 2.33. The van der Waals surface area contributed by atoms with E-state index in [-0.39, 0.29) is 0 Å². The van der Waals surface area contributed by atoms with Crippen LogP contribution in [-0.2, 0) is 0 Å². The number of allylic oxidation sites excluding steroid dienone is 5. The molecule has 4 heteroatoms. The monoisotopic (exact) mass is 324 g/mol. The van der Waals surface area contributed by atoms with Crippen LogP contribution in [0.15, 0.2) is 34.9 Å². The van der Waals surface area contributed by atoms with Gasteiger partial charge < -0.3 is 15.3 Å². The van der Waals surface area contributed by atoms with Crippen LogP contribution in [0.3, 0.4) is 0 Å². The summed E-state index contributed by atoms with van der Waals surface area (Å²) < 4.78 is 0. The number of nitrogens with zero attached hydrogens (tertiary/aromatic N) is 1. The molecule has 0 bridgehead atoms. The number of hydrogen-bond acceptors (Lipinski definition) is 3. The van der Waals surface area contributed by atoms with Crippen LogP contribution >= 0.6 is 11.6 Å². The van der Waals surface area contributed by atoms with Crippen LogP contribution in [0.25, 0.3) is 0 Å². The molecule has 0 amide bonds. The third kappa shape index (κ3) is 5.24. The van der Waals surface area contributed by atoms with E-state index in [2.05, 4.69) is 17.1 Å². The molecule has 0 aromatic heterocycles. The van der Waals surface area contributed by atoms with E-state index in [0.717, 1.165) is 62.6 Å². The van der Waals surface area contributed by atoms with E-state index < -0.39 is 5.60 Å². The zero-order valence-corrected chi connectivity index (χ0v) is 14.4. The van der Waals surface area contributed by atoms with Gasteiger partial charge >= 0.3 is 0 Å². The van der Waals surface area contributed by atoms with Gasteiger partial charge in [-0.15, -0.1) is 0 Å². The Morgan fingerprint density at radius 2 is 2.05 bits per heavy atom. The highest BCUT2D eigenvalue weighted by molar-refractivity contribution is 6.31. The van der Waals surface area contributed by atoms with Crippen LogP contribution in [0.1, 0.15) is 39.0 Å². The van der Waals surface area contributed by atoms with Crippen molar-refractivity contribution in [3.05, 3.63) is 34.9 Å². The fourth-order valence-corrected chi connectivity index (χ4v) is 3.33. The molecule has 3 nitrogen and oxygen atoms in total. The largest absolute Gasteiger partial charge is 0.385 e. The minimum atomic E-state index is -0.650. The topological polar surface area (TPSA) is 35.5 Å². The smallest absolute Gasteiger partial charge is 0.0887 e.